The Labute approximate surface area is 118 Å². The summed E-state index contributed by atoms with van der Waals surface area (Å²) in [6.45, 7) is 4.32. The monoisotopic (exact) mass is 271 g/mol. The topological polar surface area (TPSA) is 29.1 Å². The van der Waals surface area contributed by atoms with Crippen molar-refractivity contribution in [1.29, 1.82) is 0 Å². The van der Waals surface area contributed by atoms with Gasteiger partial charge in [-0.15, -0.1) is 0 Å². The van der Waals surface area contributed by atoms with Crippen LogP contribution in [0.2, 0.25) is 0 Å². The van der Waals surface area contributed by atoms with Gasteiger partial charge >= 0.3 is 0 Å². The number of hydrogen-bond donors (Lipinski definition) is 1. The van der Waals surface area contributed by atoms with E-state index >= 15 is 0 Å². The summed E-state index contributed by atoms with van der Waals surface area (Å²) in [6, 6.07) is 12.8. The van der Waals surface area contributed by atoms with Crippen molar-refractivity contribution in [3.05, 3.63) is 70.5 Å². The summed E-state index contributed by atoms with van der Waals surface area (Å²) in [5.74, 6) is -0.840. The highest BCUT2D eigenvalue weighted by molar-refractivity contribution is 5.94. The van der Waals surface area contributed by atoms with Crippen molar-refractivity contribution < 1.29 is 9.18 Å². The third-order valence-electron chi connectivity index (χ3n) is 3.15. The van der Waals surface area contributed by atoms with E-state index in [0.717, 1.165) is 17.5 Å². The predicted octanol–water partition coefficient (Wildman–Crippen LogP) is 3.42. The van der Waals surface area contributed by atoms with Crippen LogP contribution >= 0.6 is 0 Å². The summed E-state index contributed by atoms with van der Waals surface area (Å²) in [5, 5.41) is 2.75. The van der Waals surface area contributed by atoms with Gasteiger partial charge in [0.25, 0.3) is 5.91 Å². The lowest BCUT2D eigenvalue weighted by molar-refractivity contribution is 0.0950. The largest absolute Gasteiger partial charge is 0.352 e. The van der Waals surface area contributed by atoms with Crippen molar-refractivity contribution in [2.45, 2.75) is 20.3 Å². The summed E-state index contributed by atoms with van der Waals surface area (Å²) in [7, 11) is 0. The molecule has 0 atom stereocenters. The molecule has 2 aromatic carbocycles. The molecule has 2 nitrogen and oxygen atoms in total. The highest BCUT2D eigenvalue weighted by Crippen LogP contribution is 2.10. The van der Waals surface area contributed by atoms with E-state index in [-0.39, 0.29) is 11.5 Å². The zero-order valence-corrected chi connectivity index (χ0v) is 11.7. The van der Waals surface area contributed by atoms with Crippen LogP contribution in [-0.2, 0) is 6.42 Å². The van der Waals surface area contributed by atoms with E-state index in [1.807, 2.05) is 25.1 Å². The van der Waals surface area contributed by atoms with E-state index in [9.17, 15) is 9.18 Å². The molecule has 0 fully saturated rings. The molecule has 0 unspecified atom stereocenters. The molecular weight excluding hydrogens is 253 g/mol. The Morgan fingerprint density at radius 1 is 1.10 bits per heavy atom. The number of rotatable bonds is 4. The molecule has 2 aromatic rings. The molecule has 0 saturated carbocycles. The SMILES string of the molecule is Cc1cccc(CCNC(=O)c2ccc(C)cc2F)c1. The number of halogens is 1. The van der Waals surface area contributed by atoms with Crippen LogP contribution < -0.4 is 5.32 Å². The molecule has 0 saturated heterocycles. The molecule has 0 aliphatic carbocycles. The van der Waals surface area contributed by atoms with Gasteiger partial charge in [-0.05, 0) is 43.5 Å². The van der Waals surface area contributed by atoms with Crippen molar-refractivity contribution >= 4 is 5.91 Å². The second kappa shape index (κ2) is 6.33. The van der Waals surface area contributed by atoms with Crippen molar-refractivity contribution in [1.82, 2.24) is 5.32 Å². The summed E-state index contributed by atoms with van der Waals surface area (Å²) < 4.78 is 13.6. The number of carbonyl (C=O) groups is 1. The van der Waals surface area contributed by atoms with Crippen LogP contribution in [-0.4, -0.2) is 12.5 Å². The Morgan fingerprint density at radius 2 is 1.85 bits per heavy atom. The maximum absolute atomic E-state index is 13.6. The van der Waals surface area contributed by atoms with Crippen LogP contribution in [0.1, 0.15) is 27.0 Å². The number of aryl methyl sites for hydroxylation is 2. The summed E-state index contributed by atoms with van der Waals surface area (Å²) >= 11 is 0. The van der Waals surface area contributed by atoms with Crippen LogP contribution in [0.4, 0.5) is 4.39 Å². The Kier molecular flexibility index (Phi) is 4.51. The molecule has 2 rings (SSSR count). The van der Waals surface area contributed by atoms with Gasteiger partial charge in [0.2, 0.25) is 0 Å². The molecular formula is C17H18FNO. The smallest absolute Gasteiger partial charge is 0.254 e. The Balaban J connectivity index is 1.92. The van der Waals surface area contributed by atoms with Gasteiger partial charge in [-0.2, -0.15) is 0 Å². The highest BCUT2D eigenvalue weighted by atomic mass is 19.1. The molecule has 0 radical (unpaired) electrons. The average Bonchev–Trinajstić information content (AvgIpc) is 2.38. The number of hydrogen-bond acceptors (Lipinski definition) is 1. The molecule has 0 bridgehead atoms. The van der Waals surface area contributed by atoms with Gasteiger partial charge in [-0.1, -0.05) is 35.9 Å². The number of amides is 1. The third kappa shape index (κ3) is 3.67. The number of nitrogens with one attached hydrogen (secondary N) is 1. The van der Waals surface area contributed by atoms with Crippen molar-refractivity contribution in [2.75, 3.05) is 6.54 Å². The quantitative estimate of drug-likeness (QED) is 0.907. The van der Waals surface area contributed by atoms with Gasteiger partial charge in [-0.3, -0.25) is 4.79 Å². The second-order valence-electron chi connectivity index (χ2n) is 4.98. The summed E-state index contributed by atoms with van der Waals surface area (Å²) in [5.41, 5.74) is 3.26. The van der Waals surface area contributed by atoms with Crippen LogP contribution in [0.25, 0.3) is 0 Å². The zero-order chi connectivity index (χ0) is 14.5. The lowest BCUT2D eigenvalue weighted by Gasteiger charge is -2.07. The van der Waals surface area contributed by atoms with Gasteiger partial charge in [0.05, 0.1) is 5.56 Å². The first-order valence-electron chi connectivity index (χ1n) is 6.66. The Hall–Kier alpha value is -2.16. The fraction of sp³-hybridized carbons (Fsp3) is 0.235. The molecule has 20 heavy (non-hydrogen) atoms. The first-order chi connectivity index (χ1) is 9.56. The molecule has 0 aliphatic heterocycles. The van der Waals surface area contributed by atoms with E-state index in [1.54, 1.807) is 13.0 Å². The molecule has 0 aliphatic rings. The predicted molar refractivity (Wildman–Crippen MR) is 78.4 cm³/mol. The Morgan fingerprint density at radius 3 is 2.55 bits per heavy atom. The van der Waals surface area contributed by atoms with E-state index < -0.39 is 5.82 Å². The van der Waals surface area contributed by atoms with Gasteiger partial charge < -0.3 is 5.32 Å². The molecule has 3 heteroatoms. The van der Waals surface area contributed by atoms with Crippen molar-refractivity contribution in [3.8, 4) is 0 Å². The van der Waals surface area contributed by atoms with Crippen molar-refractivity contribution in [2.24, 2.45) is 0 Å². The molecule has 0 spiro atoms. The van der Waals surface area contributed by atoms with Gasteiger partial charge in [0.1, 0.15) is 5.82 Å². The standard InChI is InChI=1S/C17H18FNO/c1-12-4-3-5-14(10-12)8-9-19-17(20)15-7-6-13(2)11-16(15)18/h3-7,10-11H,8-9H2,1-2H3,(H,19,20). The molecule has 0 aromatic heterocycles. The maximum Gasteiger partial charge on any atom is 0.254 e. The van der Waals surface area contributed by atoms with E-state index in [4.69, 9.17) is 0 Å². The first-order valence-corrected chi connectivity index (χ1v) is 6.66. The van der Waals surface area contributed by atoms with Gasteiger partial charge in [0, 0.05) is 6.54 Å². The third-order valence-corrected chi connectivity index (χ3v) is 3.15. The second-order valence-corrected chi connectivity index (χ2v) is 4.98. The van der Waals surface area contributed by atoms with E-state index in [2.05, 4.69) is 11.4 Å². The van der Waals surface area contributed by atoms with E-state index in [1.165, 1.54) is 17.7 Å². The van der Waals surface area contributed by atoms with Crippen LogP contribution in [0.5, 0.6) is 0 Å². The molecule has 0 heterocycles. The zero-order valence-electron chi connectivity index (χ0n) is 11.7. The maximum atomic E-state index is 13.6. The fourth-order valence-corrected chi connectivity index (χ4v) is 2.09. The minimum Gasteiger partial charge on any atom is -0.352 e. The number of benzene rings is 2. The van der Waals surface area contributed by atoms with Crippen molar-refractivity contribution in [3.63, 3.8) is 0 Å². The average molecular weight is 271 g/mol. The minimum absolute atomic E-state index is 0.0971. The Bertz CT molecular complexity index is 622. The van der Waals surface area contributed by atoms with Gasteiger partial charge in [0.15, 0.2) is 0 Å². The highest BCUT2D eigenvalue weighted by Gasteiger charge is 2.10. The lowest BCUT2D eigenvalue weighted by atomic mass is 10.1. The van der Waals surface area contributed by atoms with Gasteiger partial charge in [-0.25, -0.2) is 4.39 Å². The minimum atomic E-state index is -0.474. The first kappa shape index (κ1) is 14.3. The van der Waals surface area contributed by atoms with Crippen LogP contribution in [0.15, 0.2) is 42.5 Å². The van der Waals surface area contributed by atoms with E-state index in [0.29, 0.717) is 6.54 Å². The lowest BCUT2D eigenvalue weighted by Crippen LogP contribution is -2.26. The summed E-state index contributed by atoms with van der Waals surface area (Å²) in [6.07, 6.45) is 0.737. The molecule has 1 N–H and O–H groups in total. The number of carbonyl (C=O) groups excluding carboxylic acids is 1. The molecule has 104 valence electrons. The fourth-order valence-electron chi connectivity index (χ4n) is 2.09. The van der Waals surface area contributed by atoms with Crippen LogP contribution in [0, 0.1) is 19.7 Å². The normalized spacial score (nSPS) is 10.3. The van der Waals surface area contributed by atoms with Crippen LogP contribution in [0.3, 0.4) is 0 Å². The molecule has 1 amide bonds. The summed E-state index contributed by atoms with van der Waals surface area (Å²) in [4.78, 5) is 11.9.